The molecule has 0 radical (unpaired) electrons. The second-order valence-electron chi connectivity index (χ2n) is 7.15. The predicted molar refractivity (Wildman–Crippen MR) is 127 cm³/mol. The van der Waals surface area contributed by atoms with Gasteiger partial charge in [0.05, 0.1) is 0 Å². The number of benzene rings is 2. The van der Waals surface area contributed by atoms with Crippen LogP contribution in [0.4, 0.5) is 11.4 Å². The number of anilines is 2. The van der Waals surface area contributed by atoms with E-state index in [9.17, 15) is 0 Å². The summed E-state index contributed by atoms with van der Waals surface area (Å²) in [6.07, 6.45) is 6.69. The molecule has 2 aromatic rings. The third-order valence-electron chi connectivity index (χ3n) is 4.99. The first-order chi connectivity index (χ1) is 14.2. The van der Waals surface area contributed by atoms with Gasteiger partial charge in [-0.15, -0.1) is 0 Å². The zero-order valence-corrected chi connectivity index (χ0v) is 18.0. The van der Waals surface area contributed by atoms with Crippen LogP contribution < -0.4 is 15.6 Å². The van der Waals surface area contributed by atoms with E-state index in [-0.39, 0.29) is 0 Å². The fourth-order valence-electron chi connectivity index (χ4n) is 3.63. The van der Waals surface area contributed by atoms with Crippen molar-refractivity contribution in [1.82, 2.24) is 0 Å². The summed E-state index contributed by atoms with van der Waals surface area (Å²) in [6, 6.07) is 17.5. The van der Waals surface area contributed by atoms with Crippen molar-refractivity contribution in [3.63, 3.8) is 0 Å². The van der Waals surface area contributed by atoms with Gasteiger partial charge >= 0.3 is 0 Å². The number of rotatable bonds is 7. The molecular weight excluding hydrogens is 354 g/mol. The first-order valence-corrected chi connectivity index (χ1v) is 10.6. The molecular formula is C26H32N3+. The van der Waals surface area contributed by atoms with E-state index in [1.165, 1.54) is 33.6 Å². The Morgan fingerprint density at radius 1 is 0.759 bits per heavy atom. The summed E-state index contributed by atoms with van der Waals surface area (Å²) in [5.41, 5.74) is 9.68. The molecule has 2 aromatic carbocycles. The van der Waals surface area contributed by atoms with Gasteiger partial charge in [-0.2, -0.15) is 0 Å². The molecule has 0 saturated carbocycles. The second kappa shape index (κ2) is 9.92. The summed E-state index contributed by atoms with van der Waals surface area (Å²) < 4.78 is 0. The summed E-state index contributed by atoms with van der Waals surface area (Å²) in [5.74, 6) is 0. The number of allylic oxidation sites excluding steroid dienone is 5. The Hall–Kier alpha value is -3.07. The van der Waals surface area contributed by atoms with Crippen LogP contribution in [-0.2, 0) is 0 Å². The molecule has 0 saturated heterocycles. The molecule has 0 unspecified atom stereocenters. The minimum absolute atomic E-state index is 0.924. The van der Waals surface area contributed by atoms with Gasteiger partial charge in [0.1, 0.15) is 6.54 Å². The Bertz CT molecular complexity index is 891. The zero-order valence-electron chi connectivity index (χ0n) is 18.0. The highest BCUT2D eigenvalue weighted by atomic mass is 14.9. The third-order valence-corrected chi connectivity index (χ3v) is 4.99. The lowest BCUT2D eigenvalue weighted by molar-refractivity contribution is -0.451. The predicted octanol–water partition coefficient (Wildman–Crippen LogP) is 4.41. The van der Waals surface area contributed by atoms with Crippen molar-refractivity contribution in [1.29, 1.82) is 0 Å². The lowest BCUT2D eigenvalue weighted by atomic mass is 9.89. The van der Waals surface area contributed by atoms with E-state index in [2.05, 4.69) is 110 Å². The highest BCUT2D eigenvalue weighted by Crippen LogP contribution is 2.32. The Kier molecular flexibility index (Phi) is 7.07. The van der Waals surface area contributed by atoms with Crippen molar-refractivity contribution >= 4 is 22.7 Å². The lowest BCUT2D eigenvalue weighted by Crippen LogP contribution is -2.72. The fourth-order valence-corrected chi connectivity index (χ4v) is 3.63. The minimum Gasteiger partial charge on any atom is -0.385 e. The van der Waals surface area contributed by atoms with Crippen molar-refractivity contribution < 1.29 is 4.99 Å². The number of hydrogen-bond donors (Lipinski definition) is 3. The van der Waals surface area contributed by atoms with Crippen molar-refractivity contribution in [2.45, 2.75) is 27.7 Å². The van der Waals surface area contributed by atoms with E-state index >= 15 is 0 Å². The Morgan fingerprint density at radius 3 is 1.69 bits per heavy atom. The van der Waals surface area contributed by atoms with Gasteiger partial charge in [0.15, 0.2) is 0 Å². The average molecular weight is 387 g/mol. The van der Waals surface area contributed by atoms with Crippen LogP contribution >= 0.6 is 0 Å². The average Bonchev–Trinajstić information content (AvgIpc) is 2.73. The zero-order chi connectivity index (χ0) is 20.6. The van der Waals surface area contributed by atoms with E-state index in [4.69, 9.17) is 0 Å². The lowest BCUT2D eigenvalue weighted by Gasteiger charge is -2.16. The highest BCUT2D eigenvalue weighted by Gasteiger charge is 2.15. The van der Waals surface area contributed by atoms with Crippen molar-refractivity contribution in [3.8, 4) is 0 Å². The van der Waals surface area contributed by atoms with Crippen LogP contribution in [-0.4, -0.2) is 25.3 Å². The molecule has 0 aliphatic heterocycles. The topological polar surface area (TPSA) is 38.0 Å². The fraction of sp³-hybridized carbons (Fsp3) is 0.269. The van der Waals surface area contributed by atoms with E-state index in [1.807, 2.05) is 0 Å². The van der Waals surface area contributed by atoms with Crippen LogP contribution in [0.15, 0.2) is 77.9 Å². The summed E-state index contributed by atoms with van der Waals surface area (Å²) in [7, 11) is 0. The maximum absolute atomic E-state index is 3.44. The molecule has 3 N–H and O–H groups in total. The Morgan fingerprint density at radius 2 is 1.28 bits per heavy atom. The van der Waals surface area contributed by atoms with Crippen LogP contribution in [0.3, 0.4) is 0 Å². The molecule has 3 rings (SSSR count). The molecule has 1 aliphatic rings. The van der Waals surface area contributed by atoms with Gasteiger partial charge in [0.2, 0.25) is 5.71 Å². The molecule has 0 fully saturated rings. The molecule has 3 heteroatoms. The van der Waals surface area contributed by atoms with Gasteiger partial charge < -0.3 is 10.6 Å². The summed E-state index contributed by atoms with van der Waals surface area (Å²) in [5, 5.41) is 6.76. The van der Waals surface area contributed by atoms with Crippen LogP contribution in [0.1, 0.15) is 38.8 Å². The van der Waals surface area contributed by atoms with E-state index < -0.39 is 0 Å². The molecule has 1 aliphatic carbocycles. The van der Waals surface area contributed by atoms with Crippen molar-refractivity contribution in [2.75, 3.05) is 30.3 Å². The normalized spacial score (nSPS) is 14.7. The first kappa shape index (κ1) is 20.7. The van der Waals surface area contributed by atoms with E-state index in [0.29, 0.717) is 0 Å². The van der Waals surface area contributed by atoms with Gasteiger partial charge in [0.25, 0.3) is 0 Å². The van der Waals surface area contributed by atoms with Gasteiger partial charge in [0, 0.05) is 36.1 Å². The summed E-state index contributed by atoms with van der Waals surface area (Å²) >= 11 is 0. The Balaban J connectivity index is 2.09. The summed E-state index contributed by atoms with van der Waals surface area (Å²) in [4.78, 5) is 3.44. The van der Waals surface area contributed by atoms with E-state index in [1.54, 1.807) is 0 Å². The van der Waals surface area contributed by atoms with Crippen LogP contribution in [0, 0.1) is 0 Å². The van der Waals surface area contributed by atoms with Crippen molar-refractivity contribution in [2.24, 2.45) is 0 Å². The van der Waals surface area contributed by atoms with Crippen LogP contribution in [0.25, 0.3) is 5.57 Å². The van der Waals surface area contributed by atoms with Crippen molar-refractivity contribution in [3.05, 3.63) is 89.0 Å². The van der Waals surface area contributed by atoms with E-state index in [0.717, 1.165) is 31.0 Å². The number of hydrogen-bond acceptors (Lipinski definition) is 2. The maximum Gasteiger partial charge on any atom is 0.201 e. The molecule has 3 nitrogen and oxygen atoms in total. The molecule has 150 valence electrons. The maximum atomic E-state index is 3.44. The standard InChI is InChI=1S/C26H31N3/c1-5-27-23-13-8-20(9-14-23)26(21-10-15-24(16-11-21)28-6-2)22-12-17-25(29-7-3)19(4)18-22/h8-18,27-28H,5-7H2,1-4H3/p+1. The molecule has 0 aromatic heterocycles. The smallest absolute Gasteiger partial charge is 0.201 e. The molecule has 0 spiro atoms. The molecule has 0 heterocycles. The van der Waals surface area contributed by atoms with Gasteiger partial charge in [-0.1, -0.05) is 24.3 Å². The van der Waals surface area contributed by atoms with Crippen LogP contribution in [0.2, 0.25) is 0 Å². The third kappa shape index (κ3) is 5.05. The van der Waals surface area contributed by atoms with Crippen LogP contribution in [0.5, 0.6) is 0 Å². The molecule has 29 heavy (non-hydrogen) atoms. The van der Waals surface area contributed by atoms with Gasteiger partial charge in [-0.05, 0) is 86.4 Å². The Labute approximate surface area is 175 Å². The minimum atomic E-state index is 0.924. The summed E-state index contributed by atoms with van der Waals surface area (Å²) in [6.45, 7) is 11.3. The largest absolute Gasteiger partial charge is 0.385 e. The molecule has 0 bridgehead atoms. The SMILES string of the molecule is CCNc1ccc(C(=C2C=CC(=[NH+]CC)C(C)=C2)c2ccc(NCC)cc2)cc1. The number of nitrogens with one attached hydrogen (secondary N) is 3. The monoisotopic (exact) mass is 386 g/mol. The van der Waals surface area contributed by atoms with Gasteiger partial charge in [-0.25, -0.2) is 4.99 Å². The molecule has 0 atom stereocenters. The highest BCUT2D eigenvalue weighted by molar-refractivity contribution is 6.07. The second-order valence-corrected chi connectivity index (χ2v) is 7.15. The first-order valence-electron chi connectivity index (χ1n) is 10.6. The quantitative estimate of drug-likeness (QED) is 0.659. The molecule has 0 amide bonds. The van der Waals surface area contributed by atoms with Gasteiger partial charge in [-0.3, -0.25) is 0 Å².